The number of anilines is 2. The van der Waals surface area contributed by atoms with Gasteiger partial charge >= 0.3 is 0 Å². The van der Waals surface area contributed by atoms with Gasteiger partial charge in [-0.25, -0.2) is 0 Å². The van der Waals surface area contributed by atoms with E-state index in [1.165, 1.54) is 16.7 Å². The Hall–Kier alpha value is -4.99. The van der Waals surface area contributed by atoms with E-state index in [4.69, 9.17) is 4.74 Å². The van der Waals surface area contributed by atoms with Crippen LogP contribution in [-0.4, -0.2) is 57.4 Å². The van der Waals surface area contributed by atoms with Crippen molar-refractivity contribution in [3.63, 3.8) is 0 Å². The molecule has 3 aromatic carbocycles. The van der Waals surface area contributed by atoms with E-state index in [0.717, 1.165) is 54.1 Å². The van der Waals surface area contributed by atoms with E-state index in [1.54, 1.807) is 22.9 Å². The van der Waals surface area contributed by atoms with Crippen molar-refractivity contribution in [2.75, 3.05) is 25.2 Å². The maximum Gasteiger partial charge on any atom is 0.264 e. The second kappa shape index (κ2) is 13.3. The van der Waals surface area contributed by atoms with Crippen molar-refractivity contribution in [3.8, 4) is 11.3 Å². The predicted octanol–water partition coefficient (Wildman–Crippen LogP) is 6.05. The molecule has 48 heavy (non-hydrogen) atoms. The summed E-state index contributed by atoms with van der Waals surface area (Å²) in [5, 5.41) is 7.97. The Morgan fingerprint density at radius 3 is 2.52 bits per heavy atom. The number of benzene rings is 3. The number of ether oxygens (including phenoxy) is 1. The van der Waals surface area contributed by atoms with Crippen LogP contribution in [0.2, 0.25) is 0 Å². The second-order valence-electron chi connectivity index (χ2n) is 12.9. The largest absolute Gasteiger partial charge is 0.383 e. The van der Waals surface area contributed by atoms with Gasteiger partial charge in [-0.3, -0.25) is 19.2 Å². The molecule has 2 aliphatic rings. The summed E-state index contributed by atoms with van der Waals surface area (Å²) in [5.74, 6) is -0.148. The molecular weight excluding hydrogens is 600 g/mol. The molecule has 0 saturated heterocycles. The first-order valence-corrected chi connectivity index (χ1v) is 16.7. The molecule has 1 atom stereocenters. The van der Waals surface area contributed by atoms with E-state index in [9.17, 15) is 9.59 Å². The highest BCUT2D eigenvalue weighted by molar-refractivity contribution is 6.12. The SMILES string of the molecule is COCCn1cc(N(C(=O)c2cc(-c3cc4c(cc3C(=O)N3Cc5ccccc5C[C@H]3C)CNCC4)n(C)c2C)c2ccccc2)cn1. The Kier molecular flexibility index (Phi) is 8.73. The highest BCUT2D eigenvalue weighted by Gasteiger charge is 2.32. The summed E-state index contributed by atoms with van der Waals surface area (Å²) in [6, 6.07) is 24.3. The quantitative estimate of drug-likeness (QED) is 0.223. The van der Waals surface area contributed by atoms with Crippen molar-refractivity contribution < 1.29 is 14.3 Å². The van der Waals surface area contributed by atoms with Gasteiger partial charge in [0.15, 0.2) is 0 Å². The highest BCUT2D eigenvalue weighted by Crippen LogP contribution is 2.36. The Balaban J connectivity index is 1.31. The van der Waals surface area contributed by atoms with Crippen molar-refractivity contribution in [2.45, 2.75) is 52.4 Å². The van der Waals surface area contributed by atoms with Crippen LogP contribution >= 0.6 is 0 Å². The van der Waals surface area contributed by atoms with Crippen LogP contribution < -0.4 is 10.2 Å². The fourth-order valence-electron chi connectivity index (χ4n) is 7.06. The standard InChI is InChI=1S/C39H42N6O3/c1-26-18-28-10-8-9-11-30(28)24-44(26)38(46)36-20-31-22-40-15-14-29(31)19-35(36)37-21-34(27(2)42(37)3)39(47)45(32-12-6-5-7-13-32)33-23-41-43(25-33)16-17-48-4/h5-13,19-21,23,25-26,40H,14-18,22,24H2,1-4H3/t26-/m1/s1. The van der Waals surface area contributed by atoms with Crippen molar-refractivity contribution in [2.24, 2.45) is 7.05 Å². The van der Waals surface area contributed by atoms with Gasteiger partial charge in [0, 0.05) is 67.7 Å². The summed E-state index contributed by atoms with van der Waals surface area (Å²) in [6.07, 6.45) is 5.29. The van der Waals surface area contributed by atoms with Crippen molar-refractivity contribution >= 4 is 23.2 Å². The van der Waals surface area contributed by atoms with E-state index in [-0.39, 0.29) is 17.9 Å². The average molecular weight is 643 g/mol. The third-order valence-electron chi connectivity index (χ3n) is 9.89. The van der Waals surface area contributed by atoms with Crippen molar-refractivity contribution in [1.82, 2.24) is 24.6 Å². The maximum atomic E-state index is 14.6. The van der Waals surface area contributed by atoms with Crippen LogP contribution in [0.1, 0.15) is 55.6 Å². The van der Waals surface area contributed by atoms with E-state index in [2.05, 4.69) is 47.7 Å². The van der Waals surface area contributed by atoms with Crippen LogP contribution in [0, 0.1) is 6.92 Å². The summed E-state index contributed by atoms with van der Waals surface area (Å²) >= 11 is 0. The fraction of sp³-hybridized carbons (Fsp3) is 0.308. The normalized spacial score (nSPS) is 15.6. The number of hydrogen-bond donors (Lipinski definition) is 1. The molecular formula is C39H42N6O3. The van der Waals surface area contributed by atoms with E-state index < -0.39 is 0 Å². The summed E-state index contributed by atoms with van der Waals surface area (Å²) in [6.45, 7) is 7.39. The van der Waals surface area contributed by atoms with Gasteiger partial charge in [0.2, 0.25) is 0 Å². The molecule has 5 aromatic rings. The molecule has 2 aliphatic heterocycles. The summed E-state index contributed by atoms with van der Waals surface area (Å²) in [7, 11) is 3.64. The summed E-state index contributed by atoms with van der Waals surface area (Å²) < 4.78 is 9.07. The second-order valence-corrected chi connectivity index (χ2v) is 12.9. The lowest BCUT2D eigenvalue weighted by molar-refractivity contribution is 0.0658. The molecule has 246 valence electrons. The molecule has 0 saturated carbocycles. The zero-order valence-corrected chi connectivity index (χ0v) is 28.1. The number of aromatic nitrogens is 3. The van der Waals surface area contributed by atoms with Crippen LogP contribution in [0.4, 0.5) is 11.4 Å². The number of fused-ring (bicyclic) bond motifs is 2. The van der Waals surface area contributed by atoms with Gasteiger partial charge in [-0.2, -0.15) is 5.10 Å². The zero-order chi connectivity index (χ0) is 33.4. The first-order chi connectivity index (χ1) is 23.3. The third kappa shape index (κ3) is 5.84. The van der Waals surface area contributed by atoms with Crippen molar-refractivity contribution in [1.29, 1.82) is 0 Å². The highest BCUT2D eigenvalue weighted by atomic mass is 16.5. The van der Waals surface area contributed by atoms with E-state index >= 15 is 0 Å². The van der Waals surface area contributed by atoms with Crippen LogP contribution in [0.15, 0.2) is 85.2 Å². The van der Waals surface area contributed by atoms with Crippen LogP contribution in [0.5, 0.6) is 0 Å². The maximum absolute atomic E-state index is 14.6. The van der Waals surface area contributed by atoms with Crippen LogP contribution in [0.3, 0.4) is 0 Å². The fourth-order valence-corrected chi connectivity index (χ4v) is 7.06. The number of methoxy groups -OCH3 is 1. The number of carbonyl (C=O) groups is 2. The van der Waals surface area contributed by atoms with Crippen molar-refractivity contribution in [3.05, 3.63) is 124 Å². The van der Waals surface area contributed by atoms with Gasteiger partial charge < -0.3 is 19.5 Å². The molecule has 9 nitrogen and oxygen atoms in total. The molecule has 0 aliphatic carbocycles. The topological polar surface area (TPSA) is 84.6 Å². The number of amides is 2. The molecule has 0 spiro atoms. The van der Waals surface area contributed by atoms with E-state index in [1.807, 2.05) is 72.1 Å². The summed E-state index contributed by atoms with van der Waals surface area (Å²) in [5.41, 5.74) is 10.1. The predicted molar refractivity (Wildman–Crippen MR) is 187 cm³/mol. The lowest BCUT2D eigenvalue weighted by Gasteiger charge is -2.35. The number of nitrogens with zero attached hydrogens (tertiary/aromatic N) is 5. The average Bonchev–Trinajstić information content (AvgIpc) is 3.70. The molecule has 7 rings (SSSR count). The molecule has 1 N–H and O–H groups in total. The minimum Gasteiger partial charge on any atom is -0.383 e. The van der Waals surface area contributed by atoms with Gasteiger partial charge in [-0.1, -0.05) is 42.5 Å². The van der Waals surface area contributed by atoms with Gasteiger partial charge in [0.05, 0.1) is 30.6 Å². The Morgan fingerprint density at radius 1 is 0.958 bits per heavy atom. The lowest BCUT2D eigenvalue weighted by atomic mass is 9.90. The minimum atomic E-state index is -0.164. The number of nitrogens with one attached hydrogen (secondary N) is 1. The lowest BCUT2D eigenvalue weighted by Crippen LogP contribution is -2.43. The first-order valence-electron chi connectivity index (χ1n) is 16.7. The number of carbonyl (C=O) groups excluding carboxylic acids is 2. The number of rotatable bonds is 8. The minimum absolute atomic E-state index is 0.0153. The van der Waals surface area contributed by atoms with Crippen LogP contribution in [-0.2, 0) is 44.3 Å². The number of para-hydroxylation sites is 1. The zero-order valence-electron chi connectivity index (χ0n) is 28.1. The van der Waals surface area contributed by atoms with Gasteiger partial charge in [-0.05, 0) is 85.8 Å². The molecule has 0 unspecified atom stereocenters. The Morgan fingerprint density at radius 2 is 1.73 bits per heavy atom. The Bertz CT molecular complexity index is 1980. The monoisotopic (exact) mass is 642 g/mol. The summed E-state index contributed by atoms with van der Waals surface area (Å²) in [4.78, 5) is 32.9. The third-order valence-corrected chi connectivity index (χ3v) is 9.89. The molecule has 4 heterocycles. The Labute approximate surface area is 281 Å². The molecule has 0 bridgehead atoms. The molecule has 0 fully saturated rings. The van der Waals surface area contributed by atoms with Crippen LogP contribution in [0.25, 0.3) is 11.3 Å². The van der Waals surface area contributed by atoms with Gasteiger partial charge in [0.25, 0.3) is 11.8 Å². The molecule has 9 heteroatoms. The van der Waals surface area contributed by atoms with E-state index in [0.29, 0.717) is 36.5 Å². The number of hydrogen-bond acceptors (Lipinski definition) is 5. The molecule has 2 amide bonds. The smallest absolute Gasteiger partial charge is 0.264 e. The molecule has 2 aromatic heterocycles. The molecule has 0 radical (unpaired) electrons. The van der Waals surface area contributed by atoms with Gasteiger partial charge in [0.1, 0.15) is 0 Å². The first kappa shape index (κ1) is 31.6. The van der Waals surface area contributed by atoms with Gasteiger partial charge in [-0.15, -0.1) is 0 Å².